The summed E-state index contributed by atoms with van der Waals surface area (Å²) in [6.07, 6.45) is 0. The van der Waals surface area contributed by atoms with Crippen LogP contribution >= 0.6 is 0 Å². The first-order valence-corrected chi connectivity index (χ1v) is 14.5. The Morgan fingerprint density at radius 1 is 0.390 bits per heavy atom. The lowest BCUT2D eigenvalue weighted by Gasteiger charge is -2.24. The van der Waals surface area contributed by atoms with Crippen molar-refractivity contribution in [3.63, 3.8) is 0 Å². The Morgan fingerprint density at radius 3 is 1.78 bits per heavy atom. The lowest BCUT2D eigenvalue weighted by atomic mass is 9.78. The second-order valence-corrected chi connectivity index (χ2v) is 12.1. The van der Waals surface area contributed by atoms with Crippen LogP contribution in [-0.2, 0) is 5.41 Å². The van der Waals surface area contributed by atoms with Crippen molar-refractivity contribution in [2.24, 2.45) is 0 Å². The maximum absolute atomic E-state index is 2.45. The summed E-state index contributed by atoms with van der Waals surface area (Å²) in [6.45, 7) is 4.82. The molecule has 0 heterocycles. The van der Waals surface area contributed by atoms with Crippen LogP contribution in [0.25, 0.3) is 76.1 Å². The molecule has 0 unspecified atom stereocenters. The molecule has 0 nitrogen and oxygen atoms in total. The van der Waals surface area contributed by atoms with Crippen molar-refractivity contribution in [3.05, 3.63) is 145 Å². The van der Waals surface area contributed by atoms with E-state index in [2.05, 4.69) is 147 Å². The topological polar surface area (TPSA) is 0 Å². The summed E-state index contributed by atoms with van der Waals surface area (Å²) in [4.78, 5) is 0. The molecular formula is C41H28. The fourth-order valence-electron chi connectivity index (χ4n) is 7.76. The normalized spacial score (nSPS) is 13.8. The molecule has 0 saturated heterocycles. The first kappa shape index (κ1) is 22.8. The third-order valence-corrected chi connectivity index (χ3v) is 9.58. The smallest absolute Gasteiger partial charge is 0.0165 e. The van der Waals surface area contributed by atoms with E-state index in [-0.39, 0.29) is 5.41 Å². The molecule has 0 spiro atoms. The van der Waals surface area contributed by atoms with E-state index in [1.807, 2.05) is 0 Å². The minimum absolute atomic E-state index is 0.103. The molecule has 1 aliphatic carbocycles. The molecule has 0 bridgehead atoms. The van der Waals surface area contributed by atoms with Crippen molar-refractivity contribution >= 4 is 53.9 Å². The van der Waals surface area contributed by atoms with Gasteiger partial charge in [0.05, 0.1) is 0 Å². The standard InChI is InChI=1S/C41H28/c1-41(2)37-22-20-25-11-3-6-14-29(25)38(37)39-33-18-10-9-17-32(33)36-24-27(19-21-34(36)40(39)41)35-23-26-12-4-5-13-28(26)30-15-7-8-16-31(30)35/h3-24H,1-2H3. The van der Waals surface area contributed by atoms with Gasteiger partial charge in [-0.15, -0.1) is 0 Å². The van der Waals surface area contributed by atoms with Crippen LogP contribution in [0.4, 0.5) is 0 Å². The Morgan fingerprint density at radius 2 is 1.00 bits per heavy atom. The molecule has 9 rings (SSSR count). The lowest BCUT2D eigenvalue weighted by molar-refractivity contribution is 0.667. The van der Waals surface area contributed by atoms with Crippen LogP contribution in [0.5, 0.6) is 0 Å². The summed E-state index contributed by atoms with van der Waals surface area (Å²) in [5.74, 6) is 0. The highest BCUT2D eigenvalue weighted by molar-refractivity contribution is 6.22. The maximum Gasteiger partial charge on any atom is 0.0165 e. The molecule has 0 saturated carbocycles. The maximum atomic E-state index is 2.45. The van der Waals surface area contributed by atoms with Gasteiger partial charge in [0.2, 0.25) is 0 Å². The highest BCUT2D eigenvalue weighted by atomic mass is 14.4. The van der Waals surface area contributed by atoms with Crippen molar-refractivity contribution < 1.29 is 0 Å². The summed E-state index contributed by atoms with van der Waals surface area (Å²) >= 11 is 0. The number of hydrogen-bond acceptors (Lipinski definition) is 0. The van der Waals surface area contributed by atoms with Gasteiger partial charge in [-0.25, -0.2) is 0 Å². The van der Waals surface area contributed by atoms with Crippen molar-refractivity contribution in [1.29, 1.82) is 0 Å². The predicted molar refractivity (Wildman–Crippen MR) is 177 cm³/mol. The van der Waals surface area contributed by atoms with E-state index < -0.39 is 0 Å². The highest BCUT2D eigenvalue weighted by Gasteiger charge is 2.39. The van der Waals surface area contributed by atoms with Gasteiger partial charge in [0.1, 0.15) is 0 Å². The predicted octanol–water partition coefficient (Wildman–Crippen LogP) is 11.4. The van der Waals surface area contributed by atoms with Gasteiger partial charge < -0.3 is 0 Å². The fourth-order valence-corrected chi connectivity index (χ4v) is 7.76. The summed E-state index contributed by atoms with van der Waals surface area (Å²) in [5, 5.41) is 13.2. The van der Waals surface area contributed by atoms with Gasteiger partial charge >= 0.3 is 0 Å². The van der Waals surface area contributed by atoms with Gasteiger partial charge in [0.25, 0.3) is 0 Å². The van der Waals surface area contributed by atoms with Gasteiger partial charge in [-0.2, -0.15) is 0 Å². The molecule has 0 atom stereocenters. The molecule has 41 heavy (non-hydrogen) atoms. The first-order valence-electron chi connectivity index (χ1n) is 14.5. The SMILES string of the molecule is CC1(C)c2ccc3ccccc3c2-c2c1c1ccc(-c3cc4ccccc4c4ccccc34)cc1c1ccccc21. The van der Waals surface area contributed by atoms with Crippen molar-refractivity contribution in [2.45, 2.75) is 19.3 Å². The van der Waals surface area contributed by atoms with E-state index in [0.29, 0.717) is 0 Å². The Balaban J connectivity index is 1.41. The van der Waals surface area contributed by atoms with Crippen LogP contribution < -0.4 is 0 Å². The number of hydrogen-bond donors (Lipinski definition) is 0. The van der Waals surface area contributed by atoms with Gasteiger partial charge in [-0.1, -0.05) is 135 Å². The fraction of sp³-hybridized carbons (Fsp3) is 0.0732. The van der Waals surface area contributed by atoms with E-state index in [1.165, 1.54) is 87.2 Å². The van der Waals surface area contributed by atoms with Gasteiger partial charge in [-0.05, 0) is 99.4 Å². The van der Waals surface area contributed by atoms with Crippen LogP contribution in [0.3, 0.4) is 0 Å². The molecule has 0 heteroatoms. The van der Waals surface area contributed by atoms with Gasteiger partial charge in [0.15, 0.2) is 0 Å². The van der Waals surface area contributed by atoms with Gasteiger partial charge in [0, 0.05) is 5.41 Å². The Hall–Kier alpha value is -4.94. The Kier molecular flexibility index (Phi) is 4.49. The molecule has 0 N–H and O–H groups in total. The third-order valence-electron chi connectivity index (χ3n) is 9.58. The van der Waals surface area contributed by atoms with Crippen molar-refractivity contribution in [3.8, 4) is 22.3 Å². The average Bonchev–Trinajstić information content (AvgIpc) is 3.28. The summed E-state index contributed by atoms with van der Waals surface area (Å²) in [5.41, 5.74) is 8.15. The zero-order valence-electron chi connectivity index (χ0n) is 23.2. The number of benzene rings is 8. The Bertz CT molecular complexity index is 2390. The van der Waals surface area contributed by atoms with Crippen LogP contribution in [0.2, 0.25) is 0 Å². The largest absolute Gasteiger partial charge is 0.0616 e. The number of rotatable bonds is 1. The third kappa shape index (κ3) is 3.00. The second-order valence-electron chi connectivity index (χ2n) is 12.1. The lowest BCUT2D eigenvalue weighted by Crippen LogP contribution is -2.15. The molecule has 0 fully saturated rings. The zero-order valence-corrected chi connectivity index (χ0v) is 23.2. The first-order chi connectivity index (χ1) is 20.1. The highest BCUT2D eigenvalue weighted by Crippen LogP contribution is 2.56. The number of fused-ring (bicyclic) bond motifs is 13. The quantitative estimate of drug-likeness (QED) is 0.189. The molecule has 1 aliphatic rings. The van der Waals surface area contributed by atoms with E-state index in [1.54, 1.807) is 0 Å². The molecule has 0 amide bonds. The van der Waals surface area contributed by atoms with E-state index in [9.17, 15) is 0 Å². The summed E-state index contributed by atoms with van der Waals surface area (Å²) < 4.78 is 0. The minimum atomic E-state index is -0.103. The van der Waals surface area contributed by atoms with Crippen molar-refractivity contribution in [2.75, 3.05) is 0 Å². The molecule has 0 radical (unpaired) electrons. The molecule has 0 aliphatic heterocycles. The van der Waals surface area contributed by atoms with Crippen LogP contribution in [-0.4, -0.2) is 0 Å². The Labute approximate surface area is 239 Å². The zero-order chi connectivity index (χ0) is 27.3. The van der Waals surface area contributed by atoms with E-state index in [0.717, 1.165) is 0 Å². The average molecular weight is 521 g/mol. The molecule has 0 aromatic heterocycles. The molecular weight excluding hydrogens is 492 g/mol. The van der Waals surface area contributed by atoms with Crippen LogP contribution in [0.1, 0.15) is 25.0 Å². The van der Waals surface area contributed by atoms with E-state index >= 15 is 0 Å². The molecule has 8 aromatic carbocycles. The van der Waals surface area contributed by atoms with Crippen LogP contribution in [0.15, 0.2) is 133 Å². The summed E-state index contributed by atoms with van der Waals surface area (Å²) in [6, 6.07) is 49.7. The van der Waals surface area contributed by atoms with Crippen molar-refractivity contribution in [1.82, 2.24) is 0 Å². The monoisotopic (exact) mass is 520 g/mol. The second kappa shape index (κ2) is 8.05. The molecule has 192 valence electrons. The van der Waals surface area contributed by atoms with Gasteiger partial charge in [-0.3, -0.25) is 0 Å². The van der Waals surface area contributed by atoms with E-state index in [4.69, 9.17) is 0 Å². The summed E-state index contributed by atoms with van der Waals surface area (Å²) in [7, 11) is 0. The molecule has 8 aromatic rings. The van der Waals surface area contributed by atoms with Crippen LogP contribution in [0, 0.1) is 0 Å². The minimum Gasteiger partial charge on any atom is -0.0616 e.